The van der Waals surface area contributed by atoms with Crippen molar-refractivity contribution in [2.75, 3.05) is 33.2 Å². The first-order chi connectivity index (χ1) is 12.1. The van der Waals surface area contributed by atoms with Gasteiger partial charge in [0.15, 0.2) is 0 Å². The van der Waals surface area contributed by atoms with Crippen molar-refractivity contribution in [3.05, 3.63) is 30.1 Å². The molecule has 0 saturated carbocycles. The van der Waals surface area contributed by atoms with Gasteiger partial charge in [-0.05, 0) is 49.1 Å². The highest BCUT2D eigenvalue weighted by Crippen LogP contribution is 2.26. The van der Waals surface area contributed by atoms with Gasteiger partial charge in [0.05, 0.1) is 10.8 Å². The van der Waals surface area contributed by atoms with Crippen molar-refractivity contribution in [3.63, 3.8) is 0 Å². The van der Waals surface area contributed by atoms with E-state index in [4.69, 9.17) is 5.73 Å². The van der Waals surface area contributed by atoms with E-state index in [-0.39, 0.29) is 41.1 Å². The largest absolute Gasteiger partial charge is 0.345 e. The molecule has 2 rings (SSSR count). The maximum Gasteiger partial charge on any atom is 0.243 e. The first kappa shape index (κ1) is 23.8. The van der Waals surface area contributed by atoms with Gasteiger partial charge in [-0.25, -0.2) is 12.8 Å². The Morgan fingerprint density at radius 2 is 1.93 bits per heavy atom. The third kappa shape index (κ3) is 5.88. The lowest BCUT2D eigenvalue weighted by Crippen LogP contribution is -2.48. The van der Waals surface area contributed by atoms with Crippen molar-refractivity contribution >= 4 is 28.3 Å². The van der Waals surface area contributed by atoms with Gasteiger partial charge in [0, 0.05) is 26.7 Å². The predicted molar refractivity (Wildman–Crippen MR) is 106 cm³/mol. The van der Waals surface area contributed by atoms with Crippen molar-refractivity contribution in [3.8, 4) is 0 Å². The van der Waals surface area contributed by atoms with Gasteiger partial charge >= 0.3 is 0 Å². The minimum absolute atomic E-state index is 0. The second-order valence-corrected chi connectivity index (χ2v) is 9.66. The van der Waals surface area contributed by atoms with E-state index < -0.39 is 15.8 Å². The number of amides is 1. The summed E-state index contributed by atoms with van der Waals surface area (Å²) in [7, 11) is -2.01. The molecule has 1 saturated heterocycles. The predicted octanol–water partition coefficient (Wildman–Crippen LogP) is 2.09. The zero-order valence-corrected chi connectivity index (χ0v) is 17.7. The van der Waals surface area contributed by atoms with Crippen LogP contribution in [0.2, 0.25) is 0 Å². The Kier molecular flexibility index (Phi) is 8.22. The molecule has 0 radical (unpaired) electrons. The standard InChI is InChI=1S/C18H28FN3O3S.ClH/c1-18(2,12-20)13-21(3)17(23)14-5-4-10-22(11-14)26(24,25)16-8-6-15(19)7-9-16;/h6-9,14H,4-5,10-13,20H2,1-3H3;1H. The molecular weight excluding hydrogens is 393 g/mol. The molecule has 0 aliphatic carbocycles. The summed E-state index contributed by atoms with van der Waals surface area (Å²) in [5, 5.41) is 0. The lowest BCUT2D eigenvalue weighted by molar-refractivity contribution is -0.136. The molecule has 1 unspecified atom stereocenters. The van der Waals surface area contributed by atoms with Gasteiger partial charge in [-0.1, -0.05) is 13.8 Å². The number of carbonyl (C=O) groups is 1. The van der Waals surface area contributed by atoms with Crippen LogP contribution in [0.15, 0.2) is 29.2 Å². The second-order valence-electron chi connectivity index (χ2n) is 7.72. The number of nitrogens with two attached hydrogens (primary N) is 1. The molecule has 1 aliphatic heterocycles. The van der Waals surface area contributed by atoms with Crippen LogP contribution in [0.5, 0.6) is 0 Å². The normalized spacial score (nSPS) is 18.6. The summed E-state index contributed by atoms with van der Waals surface area (Å²) >= 11 is 0. The Morgan fingerprint density at radius 3 is 2.48 bits per heavy atom. The minimum atomic E-state index is -3.73. The number of hydrogen-bond donors (Lipinski definition) is 1. The van der Waals surface area contributed by atoms with Crippen LogP contribution in [0.3, 0.4) is 0 Å². The van der Waals surface area contributed by atoms with E-state index in [0.29, 0.717) is 32.5 Å². The van der Waals surface area contributed by atoms with Crippen LogP contribution in [0, 0.1) is 17.2 Å². The van der Waals surface area contributed by atoms with Gasteiger partial charge in [-0.2, -0.15) is 4.31 Å². The van der Waals surface area contributed by atoms with Crippen molar-refractivity contribution in [2.45, 2.75) is 31.6 Å². The number of halogens is 2. The Bertz CT molecular complexity index is 741. The average molecular weight is 422 g/mol. The minimum Gasteiger partial charge on any atom is -0.345 e. The van der Waals surface area contributed by atoms with E-state index in [1.165, 1.54) is 16.4 Å². The Labute approximate surface area is 167 Å². The fourth-order valence-corrected chi connectivity index (χ4v) is 4.74. The number of benzene rings is 1. The second kappa shape index (κ2) is 9.32. The molecule has 0 bridgehead atoms. The summed E-state index contributed by atoms with van der Waals surface area (Å²) < 4.78 is 39.9. The van der Waals surface area contributed by atoms with Crippen LogP contribution >= 0.6 is 12.4 Å². The van der Waals surface area contributed by atoms with Gasteiger partial charge in [0.1, 0.15) is 5.82 Å². The molecule has 1 amide bonds. The number of piperidine rings is 1. The Morgan fingerprint density at radius 1 is 1.33 bits per heavy atom. The summed E-state index contributed by atoms with van der Waals surface area (Å²) in [6.07, 6.45) is 1.27. The molecule has 1 atom stereocenters. The zero-order chi connectivity index (χ0) is 19.5. The van der Waals surface area contributed by atoms with Crippen LogP contribution < -0.4 is 5.73 Å². The van der Waals surface area contributed by atoms with Crippen molar-refractivity contribution in [2.24, 2.45) is 17.1 Å². The summed E-state index contributed by atoms with van der Waals surface area (Å²) in [4.78, 5) is 14.4. The Hall–Kier alpha value is -1.22. The van der Waals surface area contributed by atoms with Crippen LogP contribution in [0.4, 0.5) is 4.39 Å². The first-order valence-electron chi connectivity index (χ1n) is 8.77. The van der Waals surface area contributed by atoms with Crippen molar-refractivity contribution < 1.29 is 17.6 Å². The van der Waals surface area contributed by atoms with Gasteiger partial charge < -0.3 is 10.6 Å². The molecule has 154 valence electrons. The zero-order valence-electron chi connectivity index (χ0n) is 16.0. The van der Waals surface area contributed by atoms with Crippen molar-refractivity contribution in [1.82, 2.24) is 9.21 Å². The summed E-state index contributed by atoms with van der Waals surface area (Å²) in [5.74, 6) is -0.928. The smallest absolute Gasteiger partial charge is 0.243 e. The highest BCUT2D eigenvalue weighted by Gasteiger charge is 2.35. The van der Waals surface area contributed by atoms with Crippen LogP contribution in [-0.4, -0.2) is 56.8 Å². The van der Waals surface area contributed by atoms with Gasteiger partial charge in [0.25, 0.3) is 0 Å². The maximum atomic E-state index is 13.1. The monoisotopic (exact) mass is 421 g/mol. The van der Waals surface area contributed by atoms with E-state index in [1.807, 2.05) is 13.8 Å². The lowest BCUT2D eigenvalue weighted by Gasteiger charge is -2.35. The summed E-state index contributed by atoms with van der Waals surface area (Å²) in [6.45, 7) is 5.46. The number of hydrogen-bond acceptors (Lipinski definition) is 4. The molecule has 6 nitrogen and oxygen atoms in total. The molecule has 27 heavy (non-hydrogen) atoms. The van der Waals surface area contributed by atoms with Gasteiger partial charge in [0.2, 0.25) is 15.9 Å². The summed E-state index contributed by atoms with van der Waals surface area (Å²) in [5.41, 5.74) is 5.54. The maximum absolute atomic E-state index is 13.1. The van der Waals surface area contributed by atoms with Crippen LogP contribution in [0.1, 0.15) is 26.7 Å². The molecule has 9 heteroatoms. The quantitative estimate of drug-likeness (QED) is 0.762. The molecule has 1 fully saturated rings. The Balaban J connectivity index is 0.00000364. The molecule has 1 heterocycles. The van der Waals surface area contributed by atoms with E-state index in [0.717, 1.165) is 12.1 Å². The molecular formula is C18H29ClFN3O3S. The fourth-order valence-electron chi connectivity index (χ4n) is 3.21. The highest BCUT2D eigenvalue weighted by atomic mass is 35.5. The van der Waals surface area contributed by atoms with E-state index in [1.54, 1.807) is 11.9 Å². The molecule has 0 aromatic heterocycles. The van der Waals surface area contributed by atoms with Crippen LogP contribution in [0.25, 0.3) is 0 Å². The topological polar surface area (TPSA) is 83.7 Å². The molecule has 0 spiro atoms. The summed E-state index contributed by atoms with van der Waals surface area (Å²) in [6, 6.07) is 4.77. The lowest BCUT2D eigenvalue weighted by atomic mass is 9.92. The number of rotatable bonds is 6. The molecule has 1 aliphatic rings. The highest BCUT2D eigenvalue weighted by molar-refractivity contribution is 7.89. The SMILES string of the molecule is CN(CC(C)(C)CN)C(=O)C1CCCN(S(=O)(=O)c2ccc(F)cc2)C1.Cl. The number of sulfonamides is 1. The third-order valence-corrected chi connectivity index (χ3v) is 6.66. The first-order valence-corrected chi connectivity index (χ1v) is 10.2. The van der Waals surface area contributed by atoms with Gasteiger partial charge in [-0.3, -0.25) is 4.79 Å². The van der Waals surface area contributed by atoms with E-state index in [9.17, 15) is 17.6 Å². The number of carbonyl (C=O) groups excluding carboxylic acids is 1. The fraction of sp³-hybridized carbons (Fsp3) is 0.611. The van der Waals surface area contributed by atoms with E-state index in [2.05, 4.69) is 0 Å². The van der Waals surface area contributed by atoms with E-state index >= 15 is 0 Å². The van der Waals surface area contributed by atoms with Gasteiger partial charge in [-0.15, -0.1) is 12.4 Å². The molecule has 2 N–H and O–H groups in total. The molecule has 1 aromatic carbocycles. The number of nitrogens with zero attached hydrogens (tertiary/aromatic N) is 2. The third-order valence-electron chi connectivity index (χ3n) is 4.78. The van der Waals surface area contributed by atoms with Crippen molar-refractivity contribution in [1.29, 1.82) is 0 Å². The van der Waals surface area contributed by atoms with Crippen LogP contribution in [-0.2, 0) is 14.8 Å². The average Bonchev–Trinajstić information content (AvgIpc) is 2.61. The molecule has 1 aromatic rings.